The van der Waals surface area contributed by atoms with Crippen LogP contribution in [-0.2, 0) is 0 Å². The Hall–Kier alpha value is -0.160. The summed E-state index contributed by atoms with van der Waals surface area (Å²) < 4.78 is 0. The quantitative estimate of drug-likeness (QED) is 0.535. The molecule has 16 heavy (non-hydrogen) atoms. The molecule has 4 heteroatoms. The van der Waals surface area contributed by atoms with Crippen LogP contribution < -0.4 is 5.32 Å². The predicted octanol–water partition coefficient (Wildman–Crippen LogP) is 0.296. The number of nitrogens with zero attached hydrogens (tertiary/aromatic N) is 1. The van der Waals surface area contributed by atoms with Crippen molar-refractivity contribution in [2.45, 2.75) is 39.8 Å². The monoisotopic (exact) mass is 232 g/mol. The smallest absolute Gasteiger partial charge is 0.0791 e. The maximum Gasteiger partial charge on any atom is 0.0791 e. The third kappa shape index (κ3) is 6.43. The van der Waals surface area contributed by atoms with E-state index in [1.54, 1.807) is 0 Å². The zero-order valence-electron chi connectivity index (χ0n) is 11.1. The van der Waals surface area contributed by atoms with E-state index in [9.17, 15) is 5.11 Å². The highest BCUT2D eigenvalue weighted by Crippen LogP contribution is 2.00. The second kappa shape index (κ2) is 8.93. The topological polar surface area (TPSA) is 55.7 Å². The van der Waals surface area contributed by atoms with E-state index in [4.69, 9.17) is 5.11 Å². The fraction of sp³-hybridized carbons (Fsp3) is 1.00. The molecular formula is C12H28N2O2. The average Bonchev–Trinajstić information content (AvgIpc) is 2.26. The molecule has 2 atom stereocenters. The molecule has 0 aliphatic heterocycles. The SMILES string of the molecule is CCN(CC)CC(O)CNC(CO)C(C)C. The van der Waals surface area contributed by atoms with Crippen molar-refractivity contribution in [2.75, 3.05) is 32.8 Å². The van der Waals surface area contributed by atoms with Crippen molar-refractivity contribution in [1.82, 2.24) is 10.2 Å². The first-order valence-electron chi connectivity index (χ1n) is 6.29. The van der Waals surface area contributed by atoms with Crippen molar-refractivity contribution >= 4 is 0 Å². The molecule has 0 aliphatic carbocycles. The lowest BCUT2D eigenvalue weighted by atomic mass is 10.1. The molecule has 0 aromatic carbocycles. The molecule has 0 aromatic rings. The maximum atomic E-state index is 9.82. The van der Waals surface area contributed by atoms with Crippen molar-refractivity contribution in [3.05, 3.63) is 0 Å². The van der Waals surface area contributed by atoms with Crippen molar-refractivity contribution in [2.24, 2.45) is 5.92 Å². The van der Waals surface area contributed by atoms with Crippen LogP contribution in [0.5, 0.6) is 0 Å². The van der Waals surface area contributed by atoms with Gasteiger partial charge in [-0.3, -0.25) is 0 Å². The van der Waals surface area contributed by atoms with E-state index >= 15 is 0 Å². The van der Waals surface area contributed by atoms with E-state index < -0.39 is 0 Å². The van der Waals surface area contributed by atoms with Crippen LogP contribution >= 0.6 is 0 Å². The molecule has 0 saturated heterocycles. The van der Waals surface area contributed by atoms with Crippen LogP contribution in [0.4, 0.5) is 0 Å². The molecule has 0 rings (SSSR count). The minimum Gasteiger partial charge on any atom is -0.395 e. The zero-order chi connectivity index (χ0) is 12.6. The lowest BCUT2D eigenvalue weighted by Gasteiger charge is -2.25. The van der Waals surface area contributed by atoms with Gasteiger partial charge < -0.3 is 20.4 Å². The number of likely N-dealkylation sites (N-methyl/N-ethyl adjacent to an activating group) is 1. The van der Waals surface area contributed by atoms with E-state index in [1.807, 2.05) is 0 Å². The molecule has 0 radical (unpaired) electrons. The van der Waals surface area contributed by atoms with Gasteiger partial charge in [0.1, 0.15) is 0 Å². The van der Waals surface area contributed by atoms with Gasteiger partial charge in [-0.2, -0.15) is 0 Å². The second-order valence-electron chi connectivity index (χ2n) is 4.58. The highest BCUT2D eigenvalue weighted by Gasteiger charge is 2.14. The summed E-state index contributed by atoms with van der Waals surface area (Å²) in [6.07, 6.45) is -0.368. The Morgan fingerprint density at radius 3 is 2.12 bits per heavy atom. The third-order valence-corrected chi connectivity index (χ3v) is 2.98. The van der Waals surface area contributed by atoms with Gasteiger partial charge in [0.2, 0.25) is 0 Å². The van der Waals surface area contributed by atoms with E-state index in [0.717, 1.165) is 13.1 Å². The lowest BCUT2D eigenvalue weighted by molar-refractivity contribution is 0.106. The van der Waals surface area contributed by atoms with Crippen molar-refractivity contribution in [3.63, 3.8) is 0 Å². The molecule has 98 valence electrons. The summed E-state index contributed by atoms with van der Waals surface area (Å²) in [6, 6.07) is 0.0753. The number of hydrogen-bond donors (Lipinski definition) is 3. The predicted molar refractivity (Wildman–Crippen MR) is 67.5 cm³/mol. The number of rotatable bonds is 9. The number of hydrogen-bond acceptors (Lipinski definition) is 4. The van der Waals surface area contributed by atoms with Gasteiger partial charge in [0.15, 0.2) is 0 Å². The summed E-state index contributed by atoms with van der Waals surface area (Å²) in [5.41, 5.74) is 0. The van der Waals surface area contributed by atoms with Gasteiger partial charge in [0, 0.05) is 19.1 Å². The Labute approximate surface area is 99.7 Å². The second-order valence-corrected chi connectivity index (χ2v) is 4.58. The Morgan fingerprint density at radius 2 is 1.75 bits per heavy atom. The van der Waals surface area contributed by atoms with Crippen LogP contribution in [0.25, 0.3) is 0 Å². The molecule has 0 heterocycles. The molecule has 0 fully saturated rings. The lowest BCUT2D eigenvalue weighted by Crippen LogP contribution is -2.44. The number of aliphatic hydroxyl groups is 2. The Balaban J connectivity index is 3.82. The van der Waals surface area contributed by atoms with Gasteiger partial charge in [-0.25, -0.2) is 0 Å². The number of aliphatic hydroxyl groups excluding tert-OH is 2. The van der Waals surface area contributed by atoms with E-state index in [1.165, 1.54) is 0 Å². The van der Waals surface area contributed by atoms with E-state index in [2.05, 4.69) is 37.9 Å². The zero-order valence-corrected chi connectivity index (χ0v) is 11.1. The minimum atomic E-state index is -0.368. The standard InChI is InChI=1S/C12H28N2O2/c1-5-14(6-2)8-11(16)7-13-12(9-15)10(3)4/h10-13,15-16H,5-9H2,1-4H3. The largest absolute Gasteiger partial charge is 0.395 e. The first-order chi connectivity index (χ1) is 7.54. The highest BCUT2D eigenvalue weighted by molar-refractivity contribution is 4.73. The fourth-order valence-corrected chi connectivity index (χ4v) is 1.64. The Morgan fingerprint density at radius 1 is 1.19 bits per heavy atom. The number of nitrogens with one attached hydrogen (secondary N) is 1. The van der Waals surface area contributed by atoms with E-state index in [0.29, 0.717) is 19.0 Å². The maximum absolute atomic E-state index is 9.82. The molecule has 4 nitrogen and oxygen atoms in total. The highest BCUT2D eigenvalue weighted by atomic mass is 16.3. The van der Waals surface area contributed by atoms with Gasteiger partial charge in [-0.05, 0) is 19.0 Å². The summed E-state index contributed by atoms with van der Waals surface area (Å²) in [6.45, 7) is 11.6. The fourth-order valence-electron chi connectivity index (χ4n) is 1.64. The first-order valence-corrected chi connectivity index (χ1v) is 6.29. The van der Waals surface area contributed by atoms with Crippen LogP contribution in [0.3, 0.4) is 0 Å². The molecule has 0 aromatic heterocycles. The molecule has 0 amide bonds. The summed E-state index contributed by atoms with van der Waals surface area (Å²) in [7, 11) is 0. The summed E-state index contributed by atoms with van der Waals surface area (Å²) in [5, 5.41) is 22.1. The van der Waals surface area contributed by atoms with Crippen LogP contribution in [0.2, 0.25) is 0 Å². The normalized spacial score (nSPS) is 15.8. The van der Waals surface area contributed by atoms with Crippen LogP contribution in [0.1, 0.15) is 27.7 Å². The van der Waals surface area contributed by atoms with Gasteiger partial charge in [-0.1, -0.05) is 27.7 Å². The molecule has 0 saturated carbocycles. The van der Waals surface area contributed by atoms with Gasteiger partial charge >= 0.3 is 0 Å². The molecule has 3 N–H and O–H groups in total. The van der Waals surface area contributed by atoms with Gasteiger partial charge in [0.05, 0.1) is 12.7 Å². The van der Waals surface area contributed by atoms with Crippen molar-refractivity contribution in [1.29, 1.82) is 0 Å². The van der Waals surface area contributed by atoms with Gasteiger partial charge in [0.25, 0.3) is 0 Å². The Bertz CT molecular complexity index is 161. The molecule has 0 spiro atoms. The average molecular weight is 232 g/mol. The molecule has 0 aliphatic rings. The van der Waals surface area contributed by atoms with Crippen LogP contribution in [-0.4, -0.2) is 60.0 Å². The summed E-state index contributed by atoms with van der Waals surface area (Å²) in [5.74, 6) is 0.380. The van der Waals surface area contributed by atoms with Gasteiger partial charge in [-0.15, -0.1) is 0 Å². The summed E-state index contributed by atoms with van der Waals surface area (Å²) in [4.78, 5) is 2.19. The van der Waals surface area contributed by atoms with Crippen molar-refractivity contribution < 1.29 is 10.2 Å². The summed E-state index contributed by atoms with van der Waals surface area (Å²) >= 11 is 0. The Kier molecular flexibility index (Phi) is 8.84. The third-order valence-electron chi connectivity index (χ3n) is 2.98. The molecule has 2 unspecified atom stereocenters. The molecule has 0 bridgehead atoms. The first kappa shape index (κ1) is 15.8. The van der Waals surface area contributed by atoms with Crippen molar-refractivity contribution in [3.8, 4) is 0 Å². The van der Waals surface area contributed by atoms with Crippen LogP contribution in [0.15, 0.2) is 0 Å². The molecular weight excluding hydrogens is 204 g/mol. The van der Waals surface area contributed by atoms with Crippen LogP contribution in [0, 0.1) is 5.92 Å². The minimum absolute atomic E-state index is 0.0753. The van der Waals surface area contributed by atoms with E-state index in [-0.39, 0.29) is 18.8 Å².